The zero-order chi connectivity index (χ0) is 19.2. The Kier molecular flexibility index (Phi) is 4.11. The molecule has 1 aliphatic rings. The van der Waals surface area contributed by atoms with Gasteiger partial charge in [0.15, 0.2) is 9.84 Å². The standard InChI is InChI=1S/C20H18N2O4S/c1-27(25,26)14-8-9-18-13(11-14)5-4-10-22(18)20(24)16-12-19(23)21-17-7-3-2-6-15(16)17/h2-3,6-9,11-12H,4-5,10H2,1H3,(H,21,23). The first-order valence-electron chi connectivity index (χ1n) is 8.61. The van der Waals surface area contributed by atoms with Crippen molar-refractivity contribution < 1.29 is 13.2 Å². The number of aryl methyl sites for hydroxylation is 1. The van der Waals surface area contributed by atoms with E-state index >= 15 is 0 Å². The molecule has 4 rings (SSSR count). The van der Waals surface area contributed by atoms with Gasteiger partial charge in [0, 0.05) is 35.5 Å². The van der Waals surface area contributed by atoms with Crippen LogP contribution in [0.1, 0.15) is 22.3 Å². The van der Waals surface area contributed by atoms with Gasteiger partial charge in [-0.3, -0.25) is 9.59 Å². The number of aromatic amines is 1. The van der Waals surface area contributed by atoms with Gasteiger partial charge in [0.05, 0.1) is 10.5 Å². The van der Waals surface area contributed by atoms with Crippen molar-refractivity contribution in [2.45, 2.75) is 17.7 Å². The number of carbonyl (C=O) groups excluding carboxylic acids is 1. The smallest absolute Gasteiger partial charge is 0.259 e. The molecule has 7 heteroatoms. The summed E-state index contributed by atoms with van der Waals surface area (Å²) in [5, 5.41) is 0.682. The molecule has 2 aromatic carbocycles. The highest BCUT2D eigenvalue weighted by atomic mass is 32.2. The fraction of sp³-hybridized carbons (Fsp3) is 0.200. The number of nitrogens with zero attached hydrogens (tertiary/aromatic N) is 1. The lowest BCUT2D eigenvalue weighted by molar-refractivity contribution is 0.0986. The van der Waals surface area contributed by atoms with E-state index in [9.17, 15) is 18.0 Å². The zero-order valence-electron chi connectivity index (χ0n) is 14.7. The highest BCUT2D eigenvalue weighted by molar-refractivity contribution is 7.90. The molecule has 3 aromatic rings. The van der Waals surface area contributed by atoms with Crippen LogP contribution >= 0.6 is 0 Å². The van der Waals surface area contributed by atoms with Gasteiger partial charge in [-0.2, -0.15) is 0 Å². The second-order valence-electron chi connectivity index (χ2n) is 6.72. The van der Waals surface area contributed by atoms with Gasteiger partial charge in [-0.1, -0.05) is 18.2 Å². The van der Waals surface area contributed by atoms with Gasteiger partial charge in [0.1, 0.15) is 0 Å². The molecule has 0 fully saturated rings. The van der Waals surface area contributed by atoms with Gasteiger partial charge in [0.2, 0.25) is 5.56 Å². The SMILES string of the molecule is CS(=O)(=O)c1ccc2c(c1)CCCN2C(=O)c1cc(=O)[nH]c2ccccc12. The van der Waals surface area contributed by atoms with Crippen LogP contribution in [0.2, 0.25) is 0 Å². The van der Waals surface area contributed by atoms with E-state index in [0.717, 1.165) is 12.0 Å². The topological polar surface area (TPSA) is 87.3 Å². The van der Waals surface area contributed by atoms with Crippen molar-refractivity contribution in [2.24, 2.45) is 0 Å². The maximum absolute atomic E-state index is 13.3. The van der Waals surface area contributed by atoms with Crippen molar-refractivity contribution in [2.75, 3.05) is 17.7 Å². The minimum atomic E-state index is -3.31. The summed E-state index contributed by atoms with van der Waals surface area (Å²) < 4.78 is 23.6. The number of para-hydroxylation sites is 1. The Balaban J connectivity index is 1.83. The quantitative estimate of drug-likeness (QED) is 0.738. The van der Waals surface area contributed by atoms with Crippen LogP contribution in [-0.2, 0) is 16.3 Å². The van der Waals surface area contributed by atoms with Gasteiger partial charge in [0.25, 0.3) is 5.91 Å². The highest BCUT2D eigenvalue weighted by Crippen LogP contribution is 2.31. The van der Waals surface area contributed by atoms with Gasteiger partial charge >= 0.3 is 0 Å². The maximum Gasteiger partial charge on any atom is 0.259 e. The van der Waals surface area contributed by atoms with E-state index in [2.05, 4.69) is 4.98 Å². The van der Waals surface area contributed by atoms with Crippen LogP contribution in [0.4, 0.5) is 5.69 Å². The summed E-state index contributed by atoms with van der Waals surface area (Å²) in [5.74, 6) is -0.259. The third-order valence-electron chi connectivity index (χ3n) is 4.82. The van der Waals surface area contributed by atoms with Crippen molar-refractivity contribution in [3.05, 3.63) is 70.0 Å². The summed E-state index contributed by atoms with van der Waals surface area (Å²) in [6.45, 7) is 0.519. The Hall–Kier alpha value is -2.93. The number of fused-ring (bicyclic) bond motifs is 2. The fourth-order valence-corrected chi connectivity index (χ4v) is 4.21. The molecule has 1 amide bonds. The lowest BCUT2D eigenvalue weighted by atomic mass is 10.00. The van der Waals surface area contributed by atoms with E-state index in [0.29, 0.717) is 35.1 Å². The number of anilines is 1. The van der Waals surface area contributed by atoms with Crippen LogP contribution in [0.25, 0.3) is 10.9 Å². The first-order valence-corrected chi connectivity index (χ1v) is 10.5. The Labute approximate surface area is 156 Å². The van der Waals surface area contributed by atoms with E-state index in [1.54, 1.807) is 35.2 Å². The zero-order valence-corrected chi connectivity index (χ0v) is 15.5. The first-order chi connectivity index (χ1) is 12.8. The Morgan fingerprint density at radius 3 is 2.67 bits per heavy atom. The lowest BCUT2D eigenvalue weighted by Gasteiger charge is -2.30. The van der Waals surface area contributed by atoms with Crippen LogP contribution in [-0.4, -0.2) is 32.1 Å². The molecule has 0 saturated carbocycles. The minimum absolute atomic E-state index is 0.247. The Bertz CT molecular complexity index is 1230. The summed E-state index contributed by atoms with van der Waals surface area (Å²) in [4.78, 5) is 29.9. The van der Waals surface area contributed by atoms with Crippen LogP contribution in [0, 0.1) is 0 Å². The molecule has 0 atom stereocenters. The van der Waals surface area contributed by atoms with Crippen molar-refractivity contribution in [3.63, 3.8) is 0 Å². The number of pyridine rings is 1. The van der Waals surface area contributed by atoms with Crippen molar-refractivity contribution in [1.29, 1.82) is 0 Å². The molecule has 1 aliphatic heterocycles. The number of benzene rings is 2. The van der Waals surface area contributed by atoms with Crippen molar-refractivity contribution in [1.82, 2.24) is 4.98 Å². The second-order valence-corrected chi connectivity index (χ2v) is 8.73. The average molecular weight is 382 g/mol. The molecule has 6 nitrogen and oxygen atoms in total. The van der Waals surface area contributed by atoms with Gasteiger partial charge < -0.3 is 9.88 Å². The molecule has 0 spiro atoms. The number of sulfone groups is 1. The van der Waals surface area contributed by atoms with Crippen LogP contribution in [0.15, 0.2) is 58.2 Å². The third kappa shape index (κ3) is 3.14. The van der Waals surface area contributed by atoms with Crippen molar-refractivity contribution >= 4 is 32.3 Å². The second kappa shape index (κ2) is 6.35. The Morgan fingerprint density at radius 2 is 1.89 bits per heavy atom. The van der Waals surface area contributed by atoms with Crippen LogP contribution < -0.4 is 10.5 Å². The highest BCUT2D eigenvalue weighted by Gasteiger charge is 2.26. The number of amides is 1. The summed E-state index contributed by atoms with van der Waals surface area (Å²) in [5.41, 5.74) is 2.14. The lowest BCUT2D eigenvalue weighted by Crippen LogP contribution is -2.36. The normalized spacial score (nSPS) is 14.2. The molecule has 138 valence electrons. The van der Waals surface area contributed by atoms with E-state index < -0.39 is 9.84 Å². The first kappa shape index (κ1) is 17.5. The predicted molar refractivity (Wildman–Crippen MR) is 104 cm³/mol. The summed E-state index contributed by atoms with van der Waals surface area (Å²) in [6.07, 6.45) is 2.61. The number of hydrogen-bond donors (Lipinski definition) is 1. The van der Waals surface area contributed by atoms with E-state index in [-0.39, 0.29) is 16.4 Å². The summed E-state index contributed by atoms with van der Waals surface area (Å²) in [7, 11) is -3.31. The van der Waals surface area contributed by atoms with Gasteiger partial charge in [-0.05, 0) is 42.7 Å². The van der Waals surface area contributed by atoms with E-state index in [1.807, 2.05) is 6.07 Å². The summed E-state index contributed by atoms with van der Waals surface area (Å²) >= 11 is 0. The van der Waals surface area contributed by atoms with Crippen LogP contribution in [0.5, 0.6) is 0 Å². The number of aromatic nitrogens is 1. The molecular weight excluding hydrogens is 364 g/mol. The van der Waals surface area contributed by atoms with Crippen LogP contribution in [0.3, 0.4) is 0 Å². The number of nitrogens with one attached hydrogen (secondary N) is 1. The molecule has 27 heavy (non-hydrogen) atoms. The molecule has 0 bridgehead atoms. The number of H-pyrrole nitrogens is 1. The summed E-state index contributed by atoms with van der Waals surface area (Å²) in [6, 6.07) is 13.3. The molecule has 1 N–H and O–H groups in total. The molecule has 0 unspecified atom stereocenters. The Morgan fingerprint density at radius 1 is 1.11 bits per heavy atom. The van der Waals surface area contributed by atoms with E-state index in [4.69, 9.17) is 0 Å². The van der Waals surface area contributed by atoms with Gasteiger partial charge in [-0.15, -0.1) is 0 Å². The number of carbonyl (C=O) groups is 1. The maximum atomic E-state index is 13.3. The molecule has 2 heterocycles. The molecule has 0 aliphatic carbocycles. The number of hydrogen-bond acceptors (Lipinski definition) is 4. The third-order valence-corrected chi connectivity index (χ3v) is 5.93. The van der Waals surface area contributed by atoms with Gasteiger partial charge in [-0.25, -0.2) is 8.42 Å². The molecule has 1 aromatic heterocycles. The predicted octanol–water partition coefficient (Wildman–Crippen LogP) is 2.52. The molecular formula is C20H18N2O4S. The molecule has 0 saturated heterocycles. The number of rotatable bonds is 2. The molecule has 0 radical (unpaired) electrons. The minimum Gasteiger partial charge on any atom is -0.322 e. The fourth-order valence-electron chi connectivity index (χ4n) is 3.54. The van der Waals surface area contributed by atoms with Crippen molar-refractivity contribution in [3.8, 4) is 0 Å². The van der Waals surface area contributed by atoms with E-state index in [1.165, 1.54) is 18.4 Å². The average Bonchev–Trinajstić information content (AvgIpc) is 2.65. The monoisotopic (exact) mass is 382 g/mol. The largest absolute Gasteiger partial charge is 0.322 e.